The topological polar surface area (TPSA) is 123 Å². The van der Waals surface area contributed by atoms with Gasteiger partial charge in [0.1, 0.15) is 12.2 Å². The summed E-state index contributed by atoms with van der Waals surface area (Å²) >= 11 is 0. The van der Waals surface area contributed by atoms with Gasteiger partial charge in [-0.05, 0) is 12.8 Å². The van der Waals surface area contributed by atoms with Crippen LogP contribution >= 0.6 is 0 Å². The summed E-state index contributed by atoms with van der Waals surface area (Å²) in [5, 5.41) is 9.04. The van der Waals surface area contributed by atoms with E-state index in [1.165, 1.54) is 7.11 Å². The summed E-state index contributed by atoms with van der Waals surface area (Å²) in [7, 11) is 1.29. The third kappa shape index (κ3) is 3.53. The summed E-state index contributed by atoms with van der Waals surface area (Å²) in [5.41, 5.74) is 5.08. The molecule has 4 N–H and O–H groups in total. The minimum atomic E-state index is -0.622. The number of anilines is 1. The number of aromatic nitrogens is 3. The molecular weight excluding hydrogens is 262 g/mol. The monoisotopic (exact) mass is 283 g/mol. The van der Waals surface area contributed by atoms with Crippen molar-refractivity contribution in [1.82, 2.24) is 15.2 Å². The van der Waals surface area contributed by atoms with E-state index in [1.54, 1.807) is 0 Å². The van der Waals surface area contributed by atoms with Crippen LogP contribution < -0.4 is 11.1 Å². The van der Waals surface area contributed by atoms with Crippen molar-refractivity contribution in [1.29, 1.82) is 0 Å². The van der Waals surface area contributed by atoms with Crippen LogP contribution in [0.4, 0.5) is 5.95 Å². The van der Waals surface area contributed by atoms with Crippen molar-refractivity contribution in [2.24, 2.45) is 11.1 Å². The molecule has 0 bridgehead atoms. The largest absolute Gasteiger partial charge is 0.469 e. The lowest BCUT2D eigenvalue weighted by Crippen LogP contribution is -2.41. The van der Waals surface area contributed by atoms with E-state index in [0.717, 1.165) is 0 Å². The lowest BCUT2D eigenvalue weighted by atomic mass is 9.81. The van der Waals surface area contributed by atoms with Gasteiger partial charge in [-0.3, -0.25) is 20.0 Å². The van der Waals surface area contributed by atoms with Crippen LogP contribution in [0.1, 0.15) is 32.5 Å². The van der Waals surface area contributed by atoms with E-state index in [0.29, 0.717) is 18.7 Å². The molecule has 1 rings (SSSR count). The van der Waals surface area contributed by atoms with Gasteiger partial charge in [-0.25, -0.2) is 0 Å². The Kier molecular flexibility index (Phi) is 5.63. The number of ether oxygens (including phenoxy) is 1. The Morgan fingerprint density at radius 3 is 2.55 bits per heavy atom. The standard InChI is InChI=1S/C12H21N5O3/c1-4-12(5-2,7-13)10(19)15-11-14-8(16-17-11)6-9(18)20-3/h4-7,13H2,1-3H3,(H2,14,15,16,17,19). The quantitative estimate of drug-likeness (QED) is 0.615. The summed E-state index contributed by atoms with van der Waals surface area (Å²) in [6.07, 6.45) is 1.24. The number of amides is 1. The molecule has 1 aromatic rings. The predicted octanol–water partition coefficient (Wildman–Crippen LogP) is 0.224. The molecule has 112 valence electrons. The summed E-state index contributed by atoms with van der Waals surface area (Å²) in [4.78, 5) is 27.4. The van der Waals surface area contributed by atoms with Crippen molar-refractivity contribution in [3.63, 3.8) is 0 Å². The van der Waals surface area contributed by atoms with Crippen LogP contribution in [-0.2, 0) is 20.7 Å². The molecule has 1 heterocycles. The third-order valence-corrected chi connectivity index (χ3v) is 3.52. The Labute approximate surface area is 117 Å². The van der Waals surface area contributed by atoms with Crippen molar-refractivity contribution in [3.8, 4) is 0 Å². The number of H-pyrrole nitrogens is 1. The average Bonchev–Trinajstić information content (AvgIpc) is 2.88. The van der Waals surface area contributed by atoms with E-state index in [4.69, 9.17) is 5.73 Å². The summed E-state index contributed by atoms with van der Waals surface area (Å²) < 4.78 is 4.52. The second kappa shape index (κ2) is 6.99. The molecule has 0 aliphatic carbocycles. The molecule has 20 heavy (non-hydrogen) atoms. The molecule has 0 atom stereocenters. The fourth-order valence-corrected chi connectivity index (χ4v) is 1.83. The zero-order valence-corrected chi connectivity index (χ0v) is 12.0. The van der Waals surface area contributed by atoms with Gasteiger partial charge in [0, 0.05) is 6.54 Å². The van der Waals surface area contributed by atoms with E-state index < -0.39 is 11.4 Å². The number of hydrogen-bond acceptors (Lipinski definition) is 6. The maximum atomic E-state index is 12.2. The highest BCUT2D eigenvalue weighted by molar-refractivity contribution is 5.94. The highest BCUT2D eigenvalue weighted by atomic mass is 16.5. The number of nitrogens with zero attached hydrogens (tertiary/aromatic N) is 2. The maximum Gasteiger partial charge on any atom is 0.313 e. The van der Waals surface area contributed by atoms with Crippen molar-refractivity contribution >= 4 is 17.8 Å². The summed E-state index contributed by atoms with van der Waals surface area (Å²) in [6.45, 7) is 4.08. The van der Waals surface area contributed by atoms with Gasteiger partial charge < -0.3 is 10.5 Å². The normalized spacial score (nSPS) is 11.2. The molecule has 0 aromatic carbocycles. The van der Waals surface area contributed by atoms with Crippen LogP contribution in [0.3, 0.4) is 0 Å². The smallest absolute Gasteiger partial charge is 0.313 e. The molecule has 0 unspecified atom stereocenters. The Hall–Kier alpha value is -1.96. The number of esters is 1. The number of carbonyl (C=O) groups excluding carboxylic acids is 2. The van der Waals surface area contributed by atoms with E-state index in [2.05, 4.69) is 25.2 Å². The Bertz CT molecular complexity index is 459. The van der Waals surface area contributed by atoms with Crippen LogP contribution in [0.25, 0.3) is 0 Å². The van der Waals surface area contributed by atoms with E-state index >= 15 is 0 Å². The van der Waals surface area contributed by atoms with Crippen molar-refractivity contribution < 1.29 is 14.3 Å². The first kappa shape index (κ1) is 16.1. The second-order valence-electron chi connectivity index (χ2n) is 4.50. The van der Waals surface area contributed by atoms with E-state index in [1.807, 2.05) is 13.8 Å². The highest BCUT2D eigenvalue weighted by Crippen LogP contribution is 2.26. The summed E-state index contributed by atoms with van der Waals surface area (Å²) in [6, 6.07) is 0. The number of hydrogen-bond donors (Lipinski definition) is 3. The van der Waals surface area contributed by atoms with Crippen molar-refractivity contribution in [3.05, 3.63) is 5.82 Å². The molecule has 0 fully saturated rings. The van der Waals surface area contributed by atoms with Crippen LogP contribution in [0.5, 0.6) is 0 Å². The number of methoxy groups -OCH3 is 1. The van der Waals surface area contributed by atoms with Gasteiger partial charge in [0.05, 0.1) is 12.5 Å². The van der Waals surface area contributed by atoms with Gasteiger partial charge in [0.2, 0.25) is 11.9 Å². The van der Waals surface area contributed by atoms with Crippen LogP contribution in [0.2, 0.25) is 0 Å². The van der Waals surface area contributed by atoms with E-state index in [9.17, 15) is 9.59 Å². The first-order chi connectivity index (χ1) is 9.51. The average molecular weight is 283 g/mol. The Balaban J connectivity index is 2.73. The third-order valence-electron chi connectivity index (χ3n) is 3.52. The zero-order chi connectivity index (χ0) is 15.2. The molecule has 0 saturated carbocycles. The first-order valence-corrected chi connectivity index (χ1v) is 6.51. The van der Waals surface area contributed by atoms with Gasteiger partial charge >= 0.3 is 5.97 Å². The highest BCUT2D eigenvalue weighted by Gasteiger charge is 2.34. The van der Waals surface area contributed by atoms with Crippen molar-refractivity contribution in [2.75, 3.05) is 19.0 Å². The van der Waals surface area contributed by atoms with Gasteiger partial charge in [0.25, 0.3) is 0 Å². The zero-order valence-electron chi connectivity index (χ0n) is 12.0. The lowest BCUT2D eigenvalue weighted by Gasteiger charge is -2.27. The number of carbonyl (C=O) groups is 2. The molecule has 0 radical (unpaired) electrons. The molecule has 0 saturated heterocycles. The lowest BCUT2D eigenvalue weighted by molar-refractivity contribution is -0.139. The number of rotatable bonds is 7. The van der Waals surface area contributed by atoms with Crippen molar-refractivity contribution in [2.45, 2.75) is 33.1 Å². The molecule has 0 aliphatic rings. The van der Waals surface area contributed by atoms with Crippen LogP contribution in [0, 0.1) is 5.41 Å². The Morgan fingerprint density at radius 2 is 2.05 bits per heavy atom. The SMILES string of the molecule is CCC(CC)(CN)C(=O)Nc1n[nH]c(CC(=O)OC)n1. The minimum Gasteiger partial charge on any atom is -0.469 e. The summed E-state index contributed by atoms with van der Waals surface area (Å²) in [5.74, 6) is -0.182. The number of nitrogens with two attached hydrogens (primary N) is 1. The second-order valence-corrected chi connectivity index (χ2v) is 4.50. The molecule has 0 aliphatic heterocycles. The predicted molar refractivity (Wildman–Crippen MR) is 72.8 cm³/mol. The minimum absolute atomic E-state index is 0.0248. The fourth-order valence-electron chi connectivity index (χ4n) is 1.83. The molecule has 1 aromatic heterocycles. The van der Waals surface area contributed by atoms with Crippen LogP contribution in [0.15, 0.2) is 0 Å². The van der Waals surface area contributed by atoms with Gasteiger partial charge in [0.15, 0.2) is 0 Å². The van der Waals surface area contributed by atoms with Gasteiger partial charge in [-0.1, -0.05) is 13.8 Å². The number of aromatic amines is 1. The molecular formula is C12H21N5O3. The Morgan fingerprint density at radius 1 is 1.40 bits per heavy atom. The number of nitrogens with one attached hydrogen (secondary N) is 2. The van der Waals surface area contributed by atoms with Crippen LogP contribution in [-0.4, -0.2) is 40.7 Å². The van der Waals surface area contributed by atoms with Gasteiger partial charge in [-0.15, -0.1) is 5.10 Å². The molecule has 8 nitrogen and oxygen atoms in total. The van der Waals surface area contributed by atoms with E-state index in [-0.39, 0.29) is 24.8 Å². The first-order valence-electron chi connectivity index (χ1n) is 6.51. The van der Waals surface area contributed by atoms with Gasteiger partial charge in [-0.2, -0.15) is 4.98 Å². The fraction of sp³-hybridized carbons (Fsp3) is 0.667. The molecule has 1 amide bonds. The maximum absolute atomic E-state index is 12.2. The molecule has 8 heteroatoms. The molecule has 0 spiro atoms.